The maximum absolute atomic E-state index is 6.35. The van der Waals surface area contributed by atoms with Crippen LogP contribution in [0.15, 0.2) is 6.07 Å². The molecule has 0 atom stereocenters. The molecule has 1 saturated heterocycles. The number of nitrogens with one attached hydrogen (secondary N) is 1. The molecule has 4 heteroatoms. The van der Waals surface area contributed by atoms with E-state index in [4.69, 9.17) is 21.1 Å². The van der Waals surface area contributed by atoms with Gasteiger partial charge in [0, 0.05) is 5.56 Å². The molecule has 1 aromatic carbocycles. The Kier molecular flexibility index (Phi) is 4.08. The van der Waals surface area contributed by atoms with Crippen LogP contribution in [0.3, 0.4) is 0 Å². The molecule has 110 valence electrons. The third-order valence-electron chi connectivity index (χ3n) is 4.27. The van der Waals surface area contributed by atoms with Gasteiger partial charge in [0.2, 0.25) is 6.79 Å². The smallest absolute Gasteiger partial charge is 0.231 e. The Morgan fingerprint density at radius 2 is 1.95 bits per heavy atom. The monoisotopic (exact) mass is 295 g/mol. The van der Waals surface area contributed by atoms with Gasteiger partial charge in [-0.3, -0.25) is 0 Å². The van der Waals surface area contributed by atoms with Gasteiger partial charge >= 0.3 is 0 Å². The van der Waals surface area contributed by atoms with Crippen LogP contribution in [0.25, 0.3) is 0 Å². The summed E-state index contributed by atoms with van der Waals surface area (Å²) in [6, 6.07) is 2.09. The topological polar surface area (TPSA) is 30.5 Å². The highest BCUT2D eigenvalue weighted by Crippen LogP contribution is 2.46. The van der Waals surface area contributed by atoms with Crippen LogP contribution in [-0.4, -0.2) is 19.9 Å². The van der Waals surface area contributed by atoms with Crippen molar-refractivity contribution in [1.82, 2.24) is 5.32 Å². The molecule has 2 heterocycles. The Labute approximate surface area is 125 Å². The van der Waals surface area contributed by atoms with Crippen LogP contribution in [0.2, 0.25) is 5.02 Å². The Hall–Kier alpha value is -0.930. The molecule has 0 unspecified atom stereocenters. The summed E-state index contributed by atoms with van der Waals surface area (Å²) >= 11 is 6.35. The normalized spacial score (nSPS) is 18.8. The highest BCUT2D eigenvalue weighted by Gasteiger charge is 2.27. The summed E-state index contributed by atoms with van der Waals surface area (Å²) in [4.78, 5) is 0. The molecule has 0 aromatic heterocycles. The van der Waals surface area contributed by atoms with Crippen LogP contribution in [0, 0.1) is 5.92 Å². The van der Waals surface area contributed by atoms with Crippen molar-refractivity contribution >= 4 is 11.6 Å². The predicted molar refractivity (Wildman–Crippen MR) is 81.0 cm³/mol. The lowest BCUT2D eigenvalue weighted by Crippen LogP contribution is -2.28. The van der Waals surface area contributed by atoms with E-state index in [1.165, 1.54) is 24.0 Å². The highest BCUT2D eigenvalue weighted by atomic mass is 35.5. The van der Waals surface area contributed by atoms with Crippen LogP contribution >= 0.6 is 11.6 Å². The van der Waals surface area contributed by atoms with E-state index >= 15 is 0 Å². The van der Waals surface area contributed by atoms with Gasteiger partial charge in [-0.2, -0.15) is 0 Å². The minimum atomic E-state index is 0.283. The standard InChI is InChI=1S/C16H22ClNO2/c1-10(2)14-12(7-11-3-5-18-6-4-11)8-13(17)15-16(14)20-9-19-15/h8,10-11,18H,3-7,9H2,1-2H3. The van der Waals surface area contributed by atoms with Crippen LogP contribution < -0.4 is 14.8 Å². The number of piperidine rings is 1. The number of rotatable bonds is 3. The van der Waals surface area contributed by atoms with Crippen LogP contribution in [0.5, 0.6) is 11.5 Å². The van der Waals surface area contributed by atoms with Gasteiger partial charge in [0.25, 0.3) is 0 Å². The van der Waals surface area contributed by atoms with Gasteiger partial charge in [-0.1, -0.05) is 25.4 Å². The number of halogens is 1. The fourth-order valence-corrected chi connectivity index (χ4v) is 3.57. The number of ether oxygens (including phenoxy) is 2. The Balaban J connectivity index is 1.94. The Bertz CT molecular complexity index is 496. The maximum atomic E-state index is 6.35. The van der Waals surface area contributed by atoms with E-state index in [9.17, 15) is 0 Å². The first kappa shape index (κ1) is 14.0. The molecular formula is C16H22ClNO2. The summed E-state index contributed by atoms with van der Waals surface area (Å²) in [7, 11) is 0. The molecule has 2 aliphatic heterocycles. The second kappa shape index (κ2) is 5.82. The molecule has 0 bridgehead atoms. The summed E-state index contributed by atoms with van der Waals surface area (Å²) < 4.78 is 11.2. The first-order chi connectivity index (χ1) is 9.66. The second-order valence-electron chi connectivity index (χ2n) is 6.05. The van der Waals surface area contributed by atoms with Gasteiger partial charge in [-0.05, 0) is 55.8 Å². The number of hydrogen-bond donors (Lipinski definition) is 1. The van der Waals surface area contributed by atoms with Crippen molar-refractivity contribution < 1.29 is 9.47 Å². The lowest BCUT2D eigenvalue weighted by molar-refractivity contribution is 0.173. The molecule has 1 fully saturated rings. The molecule has 0 amide bonds. The third-order valence-corrected chi connectivity index (χ3v) is 4.55. The molecule has 3 nitrogen and oxygen atoms in total. The van der Waals surface area contributed by atoms with E-state index in [1.54, 1.807) is 0 Å². The van der Waals surface area contributed by atoms with Crippen molar-refractivity contribution in [2.75, 3.05) is 19.9 Å². The number of benzene rings is 1. The Morgan fingerprint density at radius 3 is 2.65 bits per heavy atom. The zero-order valence-electron chi connectivity index (χ0n) is 12.2. The summed E-state index contributed by atoms with van der Waals surface area (Å²) in [5.41, 5.74) is 2.61. The molecule has 3 rings (SSSR count). The van der Waals surface area contributed by atoms with Crippen LogP contribution in [-0.2, 0) is 6.42 Å². The molecule has 1 aromatic rings. The van der Waals surface area contributed by atoms with Gasteiger partial charge < -0.3 is 14.8 Å². The zero-order valence-corrected chi connectivity index (χ0v) is 12.9. The van der Waals surface area contributed by atoms with E-state index < -0.39 is 0 Å². The second-order valence-corrected chi connectivity index (χ2v) is 6.46. The molecule has 2 aliphatic rings. The number of fused-ring (bicyclic) bond motifs is 1. The fraction of sp³-hybridized carbons (Fsp3) is 0.625. The van der Waals surface area contributed by atoms with Crippen molar-refractivity contribution in [2.45, 2.75) is 39.0 Å². The van der Waals surface area contributed by atoms with Crippen molar-refractivity contribution in [1.29, 1.82) is 0 Å². The Morgan fingerprint density at radius 1 is 1.25 bits per heavy atom. The first-order valence-corrected chi connectivity index (χ1v) is 7.86. The van der Waals surface area contributed by atoms with Crippen LogP contribution in [0.1, 0.15) is 43.7 Å². The summed E-state index contributed by atoms with van der Waals surface area (Å²) in [6.07, 6.45) is 3.57. The average Bonchev–Trinajstić information content (AvgIpc) is 2.89. The van der Waals surface area contributed by atoms with Crippen molar-refractivity contribution in [3.05, 3.63) is 22.2 Å². The minimum absolute atomic E-state index is 0.283. The predicted octanol–water partition coefficient (Wildman–Crippen LogP) is 3.73. The van der Waals surface area contributed by atoms with Gasteiger partial charge in [0.15, 0.2) is 11.5 Å². The zero-order chi connectivity index (χ0) is 14.1. The van der Waals surface area contributed by atoms with Crippen molar-refractivity contribution in [3.63, 3.8) is 0 Å². The molecule has 1 N–H and O–H groups in total. The van der Waals surface area contributed by atoms with Gasteiger partial charge in [0.1, 0.15) is 0 Å². The molecule has 0 aliphatic carbocycles. The summed E-state index contributed by atoms with van der Waals surface area (Å²) in [6.45, 7) is 6.94. The van der Waals surface area contributed by atoms with E-state index in [-0.39, 0.29) is 6.79 Å². The molecule has 20 heavy (non-hydrogen) atoms. The van der Waals surface area contributed by atoms with E-state index in [2.05, 4.69) is 25.2 Å². The third kappa shape index (κ3) is 2.61. The maximum Gasteiger partial charge on any atom is 0.231 e. The first-order valence-electron chi connectivity index (χ1n) is 7.48. The fourth-order valence-electron chi connectivity index (χ4n) is 3.30. The molecule has 0 saturated carbocycles. The van der Waals surface area contributed by atoms with Crippen molar-refractivity contribution in [2.24, 2.45) is 5.92 Å². The highest BCUT2D eigenvalue weighted by molar-refractivity contribution is 6.32. The lowest BCUT2D eigenvalue weighted by atomic mass is 9.86. The van der Waals surface area contributed by atoms with E-state index in [0.717, 1.165) is 36.9 Å². The van der Waals surface area contributed by atoms with Gasteiger partial charge in [0.05, 0.1) is 5.02 Å². The molecular weight excluding hydrogens is 274 g/mol. The van der Waals surface area contributed by atoms with Crippen molar-refractivity contribution in [3.8, 4) is 11.5 Å². The largest absolute Gasteiger partial charge is 0.453 e. The minimum Gasteiger partial charge on any atom is -0.453 e. The number of hydrogen-bond acceptors (Lipinski definition) is 3. The average molecular weight is 296 g/mol. The van der Waals surface area contributed by atoms with Gasteiger partial charge in [-0.15, -0.1) is 0 Å². The summed E-state index contributed by atoms with van der Waals surface area (Å²) in [5.74, 6) is 2.76. The molecule has 0 radical (unpaired) electrons. The van der Waals surface area contributed by atoms with Crippen LogP contribution in [0.4, 0.5) is 0 Å². The van der Waals surface area contributed by atoms with E-state index in [1.807, 2.05) is 0 Å². The van der Waals surface area contributed by atoms with E-state index in [0.29, 0.717) is 10.9 Å². The summed E-state index contributed by atoms with van der Waals surface area (Å²) in [5, 5.41) is 4.11. The lowest BCUT2D eigenvalue weighted by Gasteiger charge is -2.25. The molecule has 0 spiro atoms. The van der Waals surface area contributed by atoms with Gasteiger partial charge in [-0.25, -0.2) is 0 Å². The SMILES string of the molecule is CC(C)c1c(CC2CCNCC2)cc(Cl)c2c1OCO2. The quantitative estimate of drug-likeness (QED) is 0.921.